The van der Waals surface area contributed by atoms with Gasteiger partial charge in [-0.25, -0.2) is 4.39 Å². The molecule has 0 saturated carbocycles. The van der Waals surface area contributed by atoms with Gasteiger partial charge in [0.25, 0.3) is 0 Å². The van der Waals surface area contributed by atoms with Crippen molar-refractivity contribution in [2.45, 2.75) is 39.8 Å². The summed E-state index contributed by atoms with van der Waals surface area (Å²) in [5.74, 6) is 0.282. The van der Waals surface area contributed by atoms with E-state index in [1.165, 1.54) is 6.07 Å². The Hall–Kier alpha value is -1.09. The molecule has 0 aliphatic heterocycles. The Bertz CT molecular complexity index is 374. The molecule has 0 radical (unpaired) electrons. The zero-order valence-corrected chi connectivity index (χ0v) is 11.4. The van der Waals surface area contributed by atoms with Crippen molar-refractivity contribution in [1.29, 1.82) is 0 Å². The predicted molar refractivity (Wildman–Crippen MR) is 71.7 cm³/mol. The normalized spacial score (nSPS) is 14.8. The maximum absolute atomic E-state index is 13.8. The Morgan fingerprint density at radius 3 is 2.24 bits per heavy atom. The summed E-state index contributed by atoms with van der Waals surface area (Å²) in [6.07, 6.45) is 0. The van der Waals surface area contributed by atoms with Crippen molar-refractivity contribution in [3.05, 3.63) is 29.6 Å². The van der Waals surface area contributed by atoms with Gasteiger partial charge < -0.3 is 10.6 Å². The highest BCUT2D eigenvalue weighted by atomic mass is 19.1. The minimum absolute atomic E-state index is 0.222. The highest BCUT2D eigenvalue weighted by molar-refractivity contribution is 5.55. The highest BCUT2D eigenvalue weighted by Crippen LogP contribution is 2.29. The summed E-state index contributed by atoms with van der Waals surface area (Å²) in [5.41, 5.74) is 7.35. The van der Waals surface area contributed by atoms with Gasteiger partial charge in [0.2, 0.25) is 0 Å². The van der Waals surface area contributed by atoms with E-state index in [0.29, 0.717) is 17.5 Å². The Morgan fingerprint density at radius 2 is 1.76 bits per heavy atom. The molecule has 0 aromatic heterocycles. The number of hydrogen-bond acceptors (Lipinski definition) is 2. The number of nitrogens with two attached hydrogens (primary N) is 1. The number of benzene rings is 1. The van der Waals surface area contributed by atoms with E-state index in [4.69, 9.17) is 5.73 Å². The predicted octanol–water partition coefficient (Wildman–Crippen LogP) is 3.33. The van der Waals surface area contributed by atoms with Gasteiger partial charge in [0.05, 0.1) is 0 Å². The van der Waals surface area contributed by atoms with Crippen molar-refractivity contribution < 1.29 is 4.39 Å². The van der Waals surface area contributed by atoms with Gasteiger partial charge in [-0.2, -0.15) is 0 Å². The lowest BCUT2D eigenvalue weighted by Crippen LogP contribution is -2.34. The molecule has 2 nitrogen and oxygen atoms in total. The summed E-state index contributed by atoms with van der Waals surface area (Å²) in [6.45, 7) is 8.27. The molecule has 2 atom stereocenters. The molecule has 17 heavy (non-hydrogen) atoms. The summed E-state index contributed by atoms with van der Waals surface area (Å²) < 4.78 is 13.8. The topological polar surface area (TPSA) is 29.3 Å². The Balaban J connectivity index is 3.17. The molecule has 1 aromatic rings. The second kappa shape index (κ2) is 5.50. The first kappa shape index (κ1) is 14.0. The Morgan fingerprint density at radius 1 is 1.18 bits per heavy atom. The van der Waals surface area contributed by atoms with Crippen molar-refractivity contribution in [3.8, 4) is 0 Å². The Labute approximate surface area is 104 Å². The fourth-order valence-electron chi connectivity index (χ4n) is 1.95. The van der Waals surface area contributed by atoms with Gasteiger partial charge in [-0.1, -0.05) is 19.9 Å². The van der Waals surface area contributed by atoms with Crippen LogP contribution in [0.5, 0.6) is 0 Å². The van der Waals surface area contributed by atoms with Gasteiger partial charge in [-0.05, 0) is 31.9 Å². The fraction of sp³-hybridized carbons (Fsp3) is 0.571. The third-order valence-electron chi connectivity index (χ3n) is 3.44. The van der Waals surface area contributed by atoms with Crippen LogP contribution < -0.4 is 10.6 Å². The molecule has 0 saturated heterocycles. The lowest BCUT2D eigenvalue weighted by Gasteiger charge is -2.32. The van der Waals surface area contributed by atoms with Gasteiger partial charge in [0, 0.05) is 30.4 Å². The second-order valence-corrected chi connectivity index (χ2v) is 5.06. The van der Waals surface area contributed by atoms with Crippen molar-refractivity contribution >= 4 is 5.69 Å². The lowest BCUT2D eigenvalue weighted by atomic mass is 10.0. The molecule has 0 spiro atoms. The molecule has 0 aliphatic rings. The second-order valence-electron chi connectivity index (χ2n) is 5.06. The zero-order chi connectivity index (χ0) is 13.2. The van der Waals surface area contributed by atoms with Crippen LogP contribution >= 0.6 is 0 Å². The van der Waals surface area contributed by atoms with Crippen LogP contribution in [0.15, 0.2) is 18.2 Å². The largest absolute Gasteiger partial charge is 0.371 e. The van der Waals surface area contributed by atoms with Gasteiger partial charge in [-0.3, -0.25) is 0 Å². The zero-order valence-electron chi connectivity index (χ0n) is 11.4. The van der Waals surface area contributed by atoms with Crippen molar-refractivity contribution in [2.75, 3.05) is 11.9 Å². The van der Waals surface area contributed by atoms with E-state index in [-0.39, 0.29) is 11.9 Å². The molecule has 1 unspecified atom stereocenters. The standard InChI is InChI=1S/C14H23FN2/c1-9(2)11(4)17(5)13-8-6-7-12(15)14(13)10(3)16/h6-11H,16H2,1-5H3/t10-,11?/m1/s1. The molecule has 1 rings (SSSR count). The lowest BCUT2D eigenvalue weighted by molar-refractivity contribution is 0.501. The third-order valence-corrected chi connectivity index (χ3v) is 3.44. The van der Waals surface area contributed by atoms with Crippen LogP contribution in [0.1, 0.15) is 39.3 Å². The van der Waals surface area contributed by atoms with Gasteiger partial charge in [0.1, 0.15) is 5.82 Å². The van der Waals surface area contributed by atoms with E-state index in [2.05, 4.69) is 25.7 Å². The van der Waals surface area contributed by atoms with Gasteiger partial charge in [0.15, 0.2) is 0 Å². The van der Waals surface area contributed by atoms with Crippen LogP contribution in [0.2, 0.25) is 0 Å². The summed E-state index contributed by atoms with van der Waals surface area (Å²) in [5, 5.41) is 0. The van der Waals surface area contributed by atoms with E-state index in [1.54, 1.807) is 6.07 Å². The maximum atomic E-state index is 13.8. The van der Waals surface area contributed by atoms with Crippen LogP contribution in [-0.2, 0) is 0 Å². The summed E-state index contributed by atoms with van der Waals surface area (Å²) in [7, 11) is 1.99. The minimum atomic E-state index is -0.298. The molecule has 0 amide bonds. The van der Waals surface area contributed by atoms with Crippen LogP contribution in [0.3, 0.4) is 0 Å². The average molecular weight is 238 g/mol. The van der Waals surface area contributed by atoms with Crippen molar-refractivity contribution in [3.63, 3.8) is 0 Å². The van der Waals surface area contributed by atoms with Crippen molar-refractivity contribution in [2.24, 2.45) is 11.7 Å². The number of nitrogens with zero attached hydrogens (tertiary/aromatic N) is 1. The molecule has 0 bridgehead atoms. The van der Waals surface area contributed by atoms with Gasteiger partial charge in [-0.15, -0.1) is 0 Å². The molecule has 96 valence electrons. The van der Waals surface area contributed by atoms with E-state index < -0.39 is 0 Å². The average Bonchev–Trinajstić information content (AvgIpc) is 2.25. The van der Waals surface area contributed by atoms with Crippen LogP contribution in [0.4, 0.5) is 10.1 Å². The quantitative estimate of drug-likeness (QED) is 0.871. The molecule has 0 fully saturated rings. The SMILES string of the molecule is CC(C)C(C)N(C)c1cccc(F)c1[C@@H](C)N. The number of hydrogen-bond donors (Lipinski definition) is 1. The van der Waals surface area contributed by atoms with Crippen LogP contribution in [0, 0.1) is 11.7 Å². The summed E-state index contributed by atoms with van der Waals surface area (Å²) in [6, 6.07) is 5.18. The Kier molecular flexibility index (Phi) is 4.52. The number of halogens is 1. The molecule has 2 N–H and O–H groups in total. The molecule has 3 heteroatoms. The number of anilines is 1. The minimum Gasteiger partial charge on any atom is -0.371 e. The molecular weight excluding hydrogens is 215 g/mol. The fourth-order valence-corrected chi connectivity index (χ4v) is 1.95. The van der Waals surface area contributed by atoms with E-state index >= 15 is 0 Å². The summed E-state index contributed by atoms with van der Waals surface area (Å²) >= 11 is 0. The first-order chi connectivity index (χ1) is 7.86. The highest BCUT2D eigenvalue weighted by Gasteiger charge is 2.20. The maximum Gasteiger partial charge on any atom is 0.130 e. The monoisotopic (exact) mass is 238 g/mol. The van der Waals surface area contributed by atoms with Crippen molar-refractivity contribution in [1.82, 2.24) is 0 Å². The first-order valence-electron chi connectivity index (χ1n) is 6.13. The van der Waals surface area contributed by atoms with E-state index in [9.17, 15) is 4.39 Å². The van der Waals surface area contributed by atoms with E-state index in [1.807, 2.05) is 20.0 Å². The smallest absolute Gasteiger partial charge is 0.130 e. The first-order valence-corrected chi connectivity index (χ1v) is 6.13. The van der Waals surface area contributed by atoms with Crippen LogP contribution in [0.25, 0.3) is 0 Å². The molecular formula is C14H23FN2. The third kappa shape index (κ3) is 2.97. The molecule has 1 aromatic carbocycles. The molecule has 0 aliphatic carbocycles. The van der Waals surface area contributed by atoms with Gasteiger partial charge >= 0.3 is 0 Å². The number of rotatable bonds is 4. The van der Waals surface area contributed by atoms with E-state index in [0.717, 1.165) is 5.69 Å². The summed E-state index contributed by atoms with van der Waals surface area (Å²) in [4.78, 5) is 2.10. The molecule has 0 heterocycles. The van der Waals surface area contributed by atoms with Crippen LogP contribution in [-0.4, -0.2) is 13.1 Å².